The minimum Gasteiger partial charge on any atom is -0.383 e. The zero-order valence-corrected chi connectivity index (χ0v) is 12.9. The Morgan fingerprint density at radius 3 is 2.59 bits per heavy atom. The van der Waals surface area contributed by atoms with Crippen LogP contribution in [-0.2, 0) is 4.79 Å². The number of hydrogen-bond acceptors (Lipinski definition) is 6. The predicted octanol–water partition coefficient (Wildman–Crippen LogP) is 2.55. The predicted molar refractivity (Wildman–Crippen MR) is 86.2 cm³/mol. The first-order valence-corrected chi connectivity index (χ1v) is 7.58. The summed E-state index contributed by atoms with van der Waals surface area (Å²) < 4.78 is 13.0. The SMILES string of the molecule is Nc1cc(N)nc(SCCC(=O)Nc2ccc(F)c(Cl)c2)n1. The normalized spacial score (nSPS) is 10.5. The van der Waals surface area contributed by atoms with Gasteiger partial charge in [0.05, 0.1) is 5.02 Å². The second-order valence-corrected chi connectivity index (χ2v) is 5.75. The lowest BCUT2D eigenvalue weighted by atomic mass is 10.3. The molecule has 0 fully saturated rings. The second kappa shape index (κ2) is 7.28. The summed E-state index contributed by atoms with van der Waals surface area (Å²) in [5.41, 5.74) is 11.5. The van der Waals surface area contributed by atoms with Crippen LogP contribution in [0, 0.1) is 5.82 Å². The average molecular weight is 342 g/mol. The third kappa shape index (κ3) is 4.74. The standard InChI is InChI=1S/C13H13ClFN5OS/c14-8-5-7(1-2-9(8)15)18-12(21)3-4-22-13-19-10(16)6-11(17)20-13/h1-2,5-6H,3-4H2,(H,18,21)(H4,16,17,19,20). The number of hydrogen-bond donors (Lipinski definition) is 3. The van der Waals surface area contributed by atoms with Gasteiger partial charge in [-0.05, 0) is 18.2 Å². The summed E-state index contributed by atoms with van der Waals surface area (Å²) in [7, 11) is 0. The van der Waals surface area contributed by atoms with E-state index in [-0.39, 0.29) is 29.0 Å². The number of nitrogens with zero attached hydrogens (tertiary/aromatic N) is 2. The van der Waals surface area contributed by atoms with Gasteiger partial charge in [-0.3, -0.25) is 4.79 Å². The molecule has 0 aliphatic carbocycles. The van der Waals surface area contributed by atoms with Gasteiger partial charge in [0.15, 0.2) is 5.16 Å². The molecule has 5 N–H and O–H groups in total. The molecule has 0 spiro atoms. The van der Waals surface area contributed by atoms with Crippen molar-refractivity contribution in [2.75, 3.05) is 22.5 Å². The molecular weight excluding hydrogens is 329 g/mol. The van der Waals surface area contributed by atoms with E-state index >= 15 is 0 Å². The molecule has 0 bridgehead atoms. The molecule has 116 valence electrons. The van der Waals surface area contributed by atoms with E-state index in [1.165, 1.54) is 36.0 Å². The zero-order valence-electron chi connectivity index (χ0n) is 11.3. The fourth-order valence-corrected chi connectivity index (χ4v) is 2.55. The summed E-state index contributed by atoms with van der Waals surface area (Å²) in [6.07, 6.45) is 0.220. The van der Waals surface area contributed by atoms with E-state index in [1.807, 2.05) is 0 Å². The van der Waals surface area contributed by atoms with Crippen molar-refractivity contribution in [1.29, 1.82) is 0 Å². The van der Waals surface area contributed by atoms with E-state index in [4.69, 9.17) is 23.1 Å². The van der Waals surface area contributed by atoms with Crippen LogP contribution in [0.5, 0.6) is 0 Å². The Morgan fingerprint density at radius 2 is 1.95 bits per heavy atom. The Bertz CT molecular complexity index is 680. The number of nitrogen functional groups attached to an aromatic ring is 2. The molecule has 0 saturated heterocycles. The van der Waals surface area contributed by atoms with Gasteiger partial charge >= 0.3 is 0 Å². The van der Waals surface area contributed by atoms with E-state index in [1.54, 1.807) is 0 Å². The number of nitrogens with two attached hydrogens (primary N) is 2. The van der Waals surface area contributed by atoms with Crippen LogP contribution in [0.3, 0.4) is 0 Å². The lowest BCUT2D eigenvalue weighted by Crippen LogP contribution is -2.12. The number of carbonyl (C=O) groups excluding carboxylic acids is 1. The second-order valence-electron chi connectivity index (χ2n) is 4.28. The monoisotopic (exact) mass is 341 g/mol. The average Bonchev–Trinajstić information content (AvgIpc) is 2.42. The van der Waals surface area contributed by atoms with Crippen molar-refractivity contribution in [3.05, 3.63) is 35.1 Å². The van der Waals surface area contributed by atoms with Crippen molar-refractivity contribution in [1.82, 2.24) is 9.97 Å². The van der Waals surface area contributed by atoms with Gasteiger partial charge in [0.1, 0.15) is 17.5 Å². The fourth-order valence-electron chi connectivity index (χ4n) is 1.56. The van der Waals surface area contributed by atoms with Gasteiger partial charge in [-0.15, -0.1) is 0 Å². The van der Waals surface area contributed by atoms with Crippen LogP contribution in [0.1, 0.15) is 6.42 Å². The number of nitrogens with one attached hydrogen (secondary N) is 1. The van der Waals surface area contributed by atoms with Gasteiger partial charge in [-0.1, -0.05) is 23.4 Å². The maximum absolute atomic E-state index is 13.0. The fraction of sp³-hybridized carbons (Fsp3) is 0.154. The summed E-state index contributed by atoms with van der Waals surface area (Å²) in [4.78, 5) is 19.8. The molecule has 0 aliphatic heterocycles. The molecule has 9 heteroatoms. The van der Waals surface area contributed by atoms with Crippen LogP contribution in [0.2, 0.25) is 5.02 Å². The Labute approximate surface area is 135 Å². The van der Waals surface area contributed by atoms with Gasteiger partial charge in [0.25, 0.3) is 0 Å². The Morgan fingerprint density at radius 1 is 1.27 bits per heavy atom. The first-order valence-electron chi connectivity index (χ1n) is 6.22. The molecule has 6 nitrogen and oxygen atoms in total. The molecule has 22 heavy (non-hydrogen) atoms. The quantitative estimate of drug-likeness (QED) is 0.570. The molecule has 0 radical (unpaired) electrons. The Balaban J connectivity index is 1.83. The molecule has 1 heterocycles. The van der Waals surface area contributed by atoms with Crippen LogP contribution >= 0.6 is 23.4 Å². The third-order valence-corrected chi connectivity index (χ3v) is 3.65. The first kappa shape index (κ1) is 16.3. The Kier molecular flexibility index (Phi) is 5.40. The number of halogens is 2. The third-order valence-electron chi connectivity index (χ3n) is 2.51. The molecule has 0 saturated carbocycles. The highest BCUT2D eigenvalue weighted by molar-refractivity contribution is 7.99. The van der Waals surface area contributed by atoms with Crippen LogP contribution < -0.4 is 16.8 Å². The Hall–Kier alpha value is -2.06. The summed E-state index contributed by atoms with van der Waals surface area (Å²) in [6.45, 7) is 0. The van der Waals surface area contributed by atoms with E-state index in [9.17, 15) is 9.18 Å². The number of rotatable bonds is 5. The minimum atomic E-state index is -0.536. The van der Waals surface area contributed by atoms with Crippen molar-refractivity contribution < 1.29 is 9.18 Å². The summed E-state index contributed by atoms with van der Waals surface area (Å²) in [5, 5.41) is 2.99. The maximum atomic E-state index is 13.0. The molecule has 1 amide bonds. The van der Waals surface area contributed by atoms with Crippen LogP contribution in [-0.4, -0.2) is 21.6 Å². The van der Waals surface area contributed by atoms with Crippen LogP contribution in [0.25, 0.3) is 0 Å². The van der Waals surface area contributed by atoms with Crippen molar-refractivity contribution in [3.63, 3.8) is 0 Å². The zero-order chi connectivity index (χ0) is 16.1. The highest BCUT2D eigenvalue weighted by atomic mass is 35.5. The van der Waals surface area contributed by atoms with Gasteiger partial charge in [0, 0.05) is 23.9 Å². The topological polar surface area (TPSA) is 107 Å². The van der Waals surface area contributed by atoms with Crippen LogP contribution in [0.15, 0.2) is 29.4 Å². The number of benzene rings is 1. The van der Waals surface area contributed by atoms with E-state index in [2.05, 4.69) is 15.3 Å². The number of anilines is 3. The lowest BCUT2D eigenvalue weighted by molar-refractivity contribution is -0.115. The largest absolute Gasteiger partial charge is 0.383 e. The minimum absolute atomic E-state index is 0.0455. The number of amides is 1. The van der Waals surface area contributed by atoms with Crippen molar-refractivity contribution >= 4 is 46.6 Å². The van der Waals surface area contributed by atoms with Crippen molar-refractivity contribution in [2.24, 2.45) is 0 Å². The first-order chi connectivity index (χ1) is 10.4. The van der Waals surface area contributed by atoms with Crippen molar-refractivity contribution in [3.8, 4) is 0 Å². The van der Waals surface area contributed by atoms with E-state index in [0.29, 0.717) is 16.6 Å². The van der Waals surface area contributed by atoms with E-state index < -0.39 is 5.82 Å². The van der Waals surface area contributed by atoms with Gasteiger partial charge in [-0.2, -0.15) is 0 Å². The molecular formula is C13H13ClFN5OS. The van der Waals surface area contributed by atoms with Gasteiger partial charge < -0.3 is 16.8 Å². The van der Waals surface area contributed by atoms with Crippen LogP contribution in [0.4, 0.5) is 21.7 Å². The lowest BCUT2D eigenvalue weighted by Gasteiger charge is -2.06. The molecule has 1 aromatic heterocycles. The molecule has 2 aromatic rings. The molecule has 1 aromatic carbocycles. The van der Waals surface area contributed by atoms with E-state index in [0.717, 1.165) is 0 Å². The number of thioether (sulfide) groups is 1. The molecule has 2 rings (SSSR count). The summed E-state index contributed by atoms with van der Waals surface area (Å²) in [6, 6.07) is 5.43. The summed E-state index contributed by atoms with van der Waals surface area (Å²) in [5.74, 6) is 0.239. The number of carbonyl (C=O) groups is 1. The van der Waals surface area contributed by atoms with Gasteiger partial charge in [0.2, 0.25) is 5.91 Å². The number of aromatic nitrogens is 2. The molecule has 0 unspecified atom stereocenters. The van der Waals surface area contributed by atoms with Crippen molar-refractivity contribution in [2.45, 2.75) is 11.6 Å². The van der Waals surface area contributed by atoms with Gasteiger partial charge in [-0.25, -0.2) is 14.4 Å². The highest BCUT2D eigenvalue weighted by Crippen LogP contribution is 2.20. The maximum Gasteiger partial charge on any atom is 0.225 e. The molecule has 0 atom stereocenters. The molecule has 0 aliphatic rings. The smallest absolute Gasteiger partial charge is 0.225 e. The summed E-state index contributed by atoms with van der Waals surface area (Å²) >= 11 is 6.90. The highest BCUT2D eigenvalue weighted by Gasteiger charge is 2.07.